The SMILES string of the molecule is CC(C)(C)c1ccn2c1C1(CCNCC1)Oc1ccccc1-2. The number of fused-ring (bicyclic) bond motifs is 4. The molecular weight excluding hydrogens is 272 g/mol. The summed E-state index contributed by atoms with van der Waals surface area (Å²) in [4.78, 5) is 0. The van der Waals surface area contributed by atoms with E-state index in [1.807, 2.05) is 0 Å². The molecule has 2 aromatic rings. The average molecular weight is 296 g/mol. The van der Waals surface area contributed by atoms with Crippen molar-refractivity contribution in [2.24, 2.45) is 0 Å². The summed E-state index contributed by atoms with van der Waals surface area (Å²) in [6.45, 7) is 8.89. The quantitative estimate of drug-likeness (QED) is 0.801. The van der Waals surface area contributed by atoms with E-state index < -0.39 is 0 Å². The fourth-order valence-corrected chi connectivity index (χ4v) is 3.87. The molecule has 0 unspecified atom stereocenters. The van der Waals surface area contributed by atoms with Gasteiger partial charge >= 0.3 is 0 Å². The van der Waals surface area contributed by atoms with Gasteiger partial charge < -0.3 is 14.6 Å². The Labute approximate surface area is 132 Å². The van der Waals surface area contributed by atoms with Crippen LogP contribution in [-0.4, -0.2) is 17.7 Å². The molecule has 2 aliphatic heterocycles. The van der Waals surface area contributed by atoms with Crippen molar-refractivity contribution in [3.8, 4) is 11.4 Å². The van der Waals surface area contributed by atoms with Crippen LogP contribution in [0.4, 0.5) is 0 Å². The maximum Gasteiger partial charge on any atom is 0.152 e. The van der Waals surface area contributed by atoms with Crippen molar-refractivity contribution in [2.75, 3.05) is 13.1 Å². The van der Waals surface area contributed by atoms with Gasteiger partial charge in [0.2, 0.25) is 0 Å². The number of para-hydroxylation sites is 2. The molecule has 116 valence electrons. The lowest BCUT2D eigenvalue weighted by molar-refractivity contribution is 0.0186. The number of nitrogens with one attached hydrogen (secondary N) is 1. The first-order valence-electron chi connectivity index (χ1n) is 8.23. The van der Waals surface area contributed by atoms with Crippen molar-refractivity contribution >= 4 is 0 Å². The van der Waals surface area contributed by atoms with Gasteiger partial charge in [-0.2, -0.15) is 0 Å². The lowest BCUT2D eigenvalue weighted by Gasteiger charge is -2.44. The number of benzene rings is 1. The third-order valence-electron chi connectivity index (χ3n) is 4.97. The predicted octanol–water partition coefficient (Wildman–Crippen LogP) is 3.75. The van der Waals surface area contributed by atoms with Gasteiger partial charge in [0.15, 0.2) is 5.60 Å². The summed E-state index contributed by atoms with van der Waals surface area (Å²) in [5.74, 6) is 1.01. The molecule has 0 amide bonds. The zero-order chi connectivity index (χ0) is 15.4. The Kier molecular flexibility index (Phi) is 2.92. The molecule has 0 atom stereocenters. The van der Waals surface area contributed by atoms with E-state index in [1.165, 1.54) is 11.3 Å². The van der Waals surface area contributed by atoms with Gasteiger partial charge in [0.25, 0.3) is 0 Å². The fourth-order valence-electron chi connectivity index (χ4n) is 3.87. The minimum Gasteiger partial charge on any atom is -0.479 e. The second-order valence-electron chi connectivity index (χ2n) is 7.51. The molecule has 4 rings (SSSR count). The Morgan fingerprint density at radius 2 is 1.82 bits per heavy atom. The van der Waals surface area contributed by atoms with Crippen molar-refractivity contribution < 1.29 is 4.74 Å². The third kappa shape index (κ3) is 1.92. The van der Waals surface area contributed by atoms with Crippen LogP contribution < -0.4 is 10.1 Å². The van der Waals surface area contributed by atoms with E-state index >= 15 is 0 Å². The topological polar surface area (TPSA) is 26.2 Å². The van der Waals surface area contributed by atoms with Crippen LogP contribution in [0.15, 0.2) is 36.5 Å². The number of nitrogens with zero attached hydrogens (tertiary/aromatic N) is 1. The molecule has 0 aliphatic carbocycles. The summed E-state index contributed by atoms with van der Waals surface area (Å²) >= 11 is 0. The number of hydrogen-bond donors (Lipinski definition) is 1. The first-order chi connectivity index (χ1) is 10.5. The summed E-state index contributed by atoms with van der Waals surface area (Å²) in [5, 5.41) is 3.47. The molecule has 3 heteroatoms. The lowest BCUT2D eigenvalue weighted by Crippen LogP contribution is -2.48. The van der Waals surface area contributed by atoms with E-state index in [0.29, 0.717) is 0 Å². The molecule has 1 spiro atoms. The van der Waals surface area contributed by atoms with Crippen LogP contribution in [0.5, 0.6) is 5.75 Å². The average Bonchev–Trinajstić information content (AvgIpc) is 2.95. The maximum absolute atomic E-state index is 6.62. The van der Waals surface area contributed by atoms with E-state index in [4.69, 9.17) is 4.74 Å². The van der Waals surface area contributed by atoms with Gasteiger partial charge in [-0.15, -0.1) is 0 Å². The van der Waals surface area contributed by atoms with E-state index in [9.17, 15) is 0 Å². The van der Waals surface area contributed by atoms with Gasteiger partial charge in [0, 0.05) is 19.0 Å². The molecule has 1 fully saturated rings. The first kappa shape index (κ1) is 13.9. The molecular formula is C19H24N2O. The van der Waals surface area contributed by atoms with Crippen LogP contribution in [0.2, 0.25) is 0 Å². The number of ether oxygens (including phenoxy) is 1. The van der Waals surface area contributed by atoms with Crippen LogP contribution in [-0.2, 0) is 11.0 Å². The molecule has 0 bridgehead atoms. The van der Waals surface area contributed by atoms with Gasteiger partial charge in [-0.3, -0.25) is 0 Å². The maximum atomic E-state index is 6.62. The Balaban J connectivity index is 1.98. The highest BCUT2D eigenvalue weighted by Gasteiger charge is 2.45. The minimum absolute atomic E-state index is 0.119. The number of hydrogen-bond acceptors (Lipinski definition) is 2. The molecule has 3 nitrogen and oxygen atoms in total. The number of rotatable bonds is 0. The molecule has 2 aliphatic rings. The Bertz CT molecular complexity index is 702. The summed E-state index contributed by atoms with van der Waals surface area (Å²) in [7, 11) is 0. The monoisotopic (exact) mass is 296 g/mol. The van der Waals surface area contributed by atoms with E-state index in [2.05, 4.69) is 67.2 Å². The van der Waals surface area contributed by atoms with Crippen molar-refractivity contribution in [2.45, 2.75) is 44.6 Å². The molecule has 1 aromatic heterocycles. The van der Waals surface area contributed by atoms with Crippen LogP contribution >= 0.6 is 0 Å². The van der Waals surface area contributed by atoms with Gasteiger partial charge in [-0.25, -0.2) is 0 Å². The summed E-state index contributed by atoms with van der Waals surface area (Å²) in [6.07, 6.45) is 4.27. The van der Waals surface area contributed by atoms with Crippen LogP contribution in [0.3, 0.4) is 0 Å². The lowest BCUT2D eigenvalue weighted by atomic mass is 9.78. The zero-order valence-electron chi connectivity index (χ0n) is 13.6. The summed E-state index contributed by atoms with van der Waals surface area (Å²) < 4.78 is 8.99. The van der Waals surface area contributed by atoms with Crippen LogP contribution in [0, 0.1) is 0 Å². The normalized spacial score (nSPS) is 19.4. The van der Waals surface area contributed by atoms with Crippen LogP contribution in [0.25, 0.3) is 5.69 Å². The Morgan fingerprint density at radius 3 is 2.55 bits per heavy atom. The van der Waals surface area contributed by atoms with E-state index in [0.717, 1.165) is 37.4 Å². The molecule has 1 N–H and O–H groups in total. The van der Waals surface area contributed by atoms with Gasteiger partial charge in [0.1, 0.15) is 5.75 Å². The standard InChI is InChI=1S/C19H24N2O/c1-18(2,3)14-8-13-21-15-6-4-5-7-16(15)22-19(17(14)21)9-11-20-12-10-19/h4-8,13,20H,9-12H2,1-3H3. The first-order valence-corrected chi connectivity index (χ1v) is 8.23. The van der Waals surface area contributed by atoms with Crippen LogP contribution in [0.1, 0.15) is 44.9 Å². The predicted molar refractivity (Wildman–Crippen MR) is 88.9 cm³/mol. The largest absolute Gasteiger partial charge is 0.479 e. The highest BCUT2D eigenvalue weighted by molar-refractivity contribution is 5.54. The van der Waals surface area contributed by atoms with Gasteiger partial charge in [-0.1, -0.05) is 32.9 Å². The van der Waals surface area contributed by atoms with Gasteiger partial charge in [-0.05, 0) is 42.3 Å². The van der Waals surface area contributed by atoms with Crippen molar-refractivity contribution in [3.63, 3.8) is 0 Å². The van der Waals surface area contributed by atoms with Crippen molar-refractivity contribution in [1.29, 1.82) is 0 Å². The fraction of sp³-hybridized carbons (Fsp3) is 0.474. The highest BCUT2D eigenvalue weighted by atomic mass is 16.5. The zero-order valence-corrected chi connectivity index (χ0v) is 13.6. The summed E-state index contributed by atoms with van der Waals surface area (Å²) in [5.41, 5.74) is 3.86. The van der Waals surface area contributed by atoms with E-state index in [-0.39, 0.29) is 11.0 Å². The molecule has 0 saturated carbocycles. The van der Waals surface area contributed by atoms with Crippen molar-refractivity contribution in [3.05, 3.63) is 47.8 Å². The van der Waals surface area contributed by atoms with Gasteiger partial charge in [0.05, 0.1) is 11.4 Å². The number of piperidine rings is 1. The van der Waals surface area contributed by atoms with Crippen molar-refractivity contribution in [1.82, 2.24) is 9.88 Å². The second kappa shape index (κ2) is 4.63. The molecule has 22 heavy (non-hydrogen) atoms. The Morgan fingerprint density at radius 1 is 1.09 bits per heavy atom. The highest BCUT2D eigenvalue weighted by Crippen LogP contribution is 2.47. The second-order valence-corrected chi connectivity index (χ2v) is 7.51. The molecule has 1 aromatic carbocycles. The molecule has 3 heterocycles. The molecule has 0 radical (unpaired) electrons. The minimum atomic E-state index is -0.189. The molecule has 1 saturated heterocycles. The van der Waals surface area contributed by atoms with E-state index in [1.54, 1.807) is 0 Å². The number of aromatic nitrogens is 1. The smallest absolute Gasteiger partial charge is 0.152 e. The Hall–Kier alpha value is -1.74. The summed E-state index contributed by atoms with van der Waals surface area (Å²) in [6, 6.07) is 10.7. The third-order valence-corrected chi connectivity index (χ3v) is 4.97.